The van der Waals surface area contributed by atoms with Crippen LogP contribution in [0, 0.1) is 17.1 Å². The Balaban J connectivity index is 2.05. The molecule has 0 spiro atoms. The third-order valence-electron chi connectivity index (χ3n) is 2.73. The second-order valence-electron chi connectivity index (χ2n) is 3.98. The molecule has 1 atom stereocenters. The Labute approximate surface area is 104 Å². The number of amides is 2. The van der Waals surface area contributed by atoms with Crippen LogP contribution in [-0.4, -0.2) is 36.6 Å². The van der Waals surface area contributed by atoms with E-state index in [1.807, 2.05) is 0 Å². The van der Waals surface area contributed by atoms with E-state index in [1.165, 1.54) is 23.1 Å². The van der Waals surface area contributed by atoms with Crippen LogP contribution in [0.25, 0.3) is 0 Å². The summed E-state index contributed by atoms with van der Waals surface area (Å²) in [5, 5.41) is 14.6. The summed E-state index contributed by atoms with van der Waals surface area (Å²) in [5.41, 5.74) is 0.384. The molecule has 18 heavy (non-hydrogen) atoms. The lowest BCUT2D eigenvalue weighted by Gasteiger charge is -2.31. The fraction of sp³-hybridized carbons (Fsp3) is 0.333. The van der Waals surface area contributed by atoms with Gasteiger partial charge in [0.15, 0.2) is 0 Å². The van der Waals surface area contributed by atoms with E-state index in [4.69, 9.17) is 5.26 Å². The van der Waals surface area contributed by atoms with E-state index in [0.29, 0.717) is 25.3 Å². The number of carbonyl (C=O) groups is 1. The van der Waals surface area contributed by atoms with Crippen LogP contribution in [0.2, 0.25) is 0 Å². The largest absolute Gasteiger partial charge is 0.323 e. The predicted octanol–water partition coefficient (Wildman–Crippen LogP) is 1.15. The van der Waals surface area contributed by atoms with E-state index in [-0.39, 0.29) is 6.03 Å². The first-order valence-electron chi connectivity index (χ1n) is 5.64. The number of halogens is 1. The summed E-state index contributed by atoms with van der Waals surface area (Å²) in [6.07, 6.45) is 0. The van der Waals surface area contributed by atoms with Crippen molar-refractivity contribution in [1.82, 2.24) is 10.2 Å². The zero-order valence-electron chi connectivity index (χ0n) is 9.69. The molecule has 2 rings (SSSR count). The molecular weight excluding hydrogens is 235 g/mol. The molecule has 0 aromatic heterocycles. The van der Waals surface area contributed by atoms with Crippen LogP contribution < -0.4 is 10.6 Å². The summed E-state index contributed by atoms with van der Waals surface area (Å²) in [7, 11) is 0. The maximum atomic E-state index is 13.0. The highest BCUT2D eigenvalue weighted by Crippen LogP contribution is 2.11. The van der Waals surface area contributed by atoms with Gasteiger partial charge >= 0.3 is 6.03 Å². The van der Waals surface area contributed by atoms with Gasteiger partial charge in [0, 0.05) is 25.3 Å². The molecule has 1 saturated heterocycles. The topological polar surface area (TPSA) is 68.2 Å². The maximum absolute atomic E-state index is 13.0. The van der Waals surface area contributed by atoms with Gasteiger partial charge in [-0.3, -0.25) is 0 Å². The van der Waals surface area contributed by atoms with E-state index in [1.54, 1.807) is 6.07 Å². The molecule has 1 aromatic rings. The molecule has 5 nitrogen and oxygen atoms in total. The van der Waals surface area contributed by atoms with Crippen molar-refractivity contribution in [2.24, 2.45) is 0 Å². The van der Waals surface area contributed by atoms with Gasteiger partial charge < -0.3 is 15.5 Å². The van der Waals surface area contributed by atoms with Gasteiger partial charge in [-0.05, 0) is 18.2 Å². The monoisotopic (exact) mass is 248 g/mol. The van der Waals surface area contributed by atoms with Gasteiger partial charge in [-0.25, -0.2) is 9.18 Å². The lowest BCUT2D eigenvalue weighted by atomic mass is 10.2. The van der Waals surface area contributed by atoms with Gasteiger partial charge in [-0.15, -0.1) is 0 Å². The van der Waals surface area contributed by atoms with Crippen molar-refractivity contribution in [3.63, 3.8) is 0 Å². The molecule has 0 bridgehead atoms. The van der Waals surface area contributed by atoms with Crippen LogP contribution in [0.1, 0.15) is 0 Å². The van der Waals surface area contributed by atoms with Crippen LogP contribution in [0.5, 0.6) is 0 Å². The fourth-order valence-corrected chi connectivity index (χ4v) is 1.82. The highest BCUT2D eigenvalue weighted by Gasteiger charge is 2.26. The Hall–Kier alpha value is -2.13. The quantitative estimate of drug-likeness (QED) is 0.783. The first kappa shape index (κ1) is 12.3. The minimum Gasteiger partial charge on any atom is -0.312 e. The number of carbonyl (C=O) groups excluding carboxylic acids is 1. The summed E-state index contributed by atoms with van der Waals surface area (Å²) in [5.74, 6) is -0.412. The number of hydrogen-bond donors (Lipinski definition) is 2. The summed E-state index contributed by atoms with van der Waals surface area (Å²) < 4.78 is 13.0. The Morgan fingerprint density at radius 3 is 3.17 bits per heavy atom. The Morgan fingerprint density at radius 1 is 1.61 bits per heavy atom. The van der Waals surface area contributed by atoms with Crippen molar-refractivity contribution in [2.45, 2.75) is 6.04 Å². The van der Waals surface area contributed by atoms with Crippen molar-refractivity contribution in [3.8, 4) is 6.07 Å². The highest BCUT2D eigenvalue weighted by atomic mass is 19.1. The number of nitriles is 1. The van der Waals surface area contributed by atoms with Crippen LogP contribution in [-0.2, 0) is 0 Å². The molecule has 1 heterocycles. The van der Waals surface area contributed by atoms with E-state index >= 15 is 0 Å². The van der Waals surface area contributed by atoms with E-state index in [9.17, 15) is 9.18 Å². The van der Waals surface area contributed by atoms with Crippen molar-refractivity contribution < 1.29 is 9.18 Å². The van der Waals surface area contributed by atoms with Crippen molar-refractivity contribution >= 4 is 11.7 Å². The minimum atomic E-state index is -0.493. The summed E-state index contributed by atoms with van der Waals surface area (Å²) in [6, 6.07) is 6.85. The van der Waals surface area contributed by atoms with Crippen LogP contribution in [0.15, 0.2) is 24.3 Å². The third kappa shape index (κ3) is 2.76. The van der Waals surface area contributed by atoms with Crippen molar-refractivity contribution in [1.29, 1.82) is 5.26 Å². The summed E-state index contributed by atoms with van der Waals surface area (Å²) in [6.45, 7) is 1.56. The zero-order valence-corrected chi connectivity index (χ0v) is 9.69. The SMILES string of the molecule is N#CC1CNCCN1C(=O)Nc1cccc(F)c1. The lowest BCUT2D eigenvalue weighted by molar-refractivity contribution is 0.188. The van der Waals surface area contributed by atoms with Gasteiger partial charge in [0.2, 0.25) is 0 Å². The number of rotatable bonds is 1. The standard InChI is InChI=1S/C12H13FN4O/c13-9-2-1-3-10(6-9)16-12(18)17-5-4-15-8-11(17)7-14/h1-3,6,11,15H,4-5,8H2,(H,16,18). The number of urea groups is 1. The van der Waals surface area contributed by atoms with Gasteiger partial charge in [-0.1, -0.05) is 6.07 Å². The second kappa shape index (κ2) is 5.47. The van der Waals surface area contributed by atoms with E-state index in [0.717, 1.165) is 0 Å². The maximum Gasteiger partial charge on any atom is 0.323 e. The Bertz CT molecular complexity index is 485. The van der Waals surface area contributed by atoms with Crippen molar-refractivity contribution in [2.75, 3.05) is 25.0 Å². The molecule has 0 radical (unpaired) electrons. The number of anilines is 1. The first-order chi connectivity index (χ1) is 8.70. The normalized spacial score (nSPS) is 19.1. The first-order valence-corrected chi connectivity index (χ1v) is 5.64. The van der Waals surface area contributed by atoms with Gasteiger partial charge in [0.05, 0.1) is 6.07 Å². The summed E-state index contributed by atoms with van der Waals surface area (Å²) in [4.78, 5) is 13.4. The second-order valence-corrected chi connectivity index (χ2v) is 3.98. The average Bonchev–Trinajstić information content (AvgIpc) is 2.38. The average molecular weight is 248 g/mol. The zero-order chi connectivity index (χ0) is 13.0. The predicted molar refractivity (Wildman–Crippen MR) is 64.4 cm³/mol. The molecule has 0 saturated carbocycles. The lowest BCUT2D eigenvalue weighted by Crippen LogP contribution is -2.54. The van der Waals surface area contributed by atoms with E-state index < -0.39 is 11.9 Å². The minimum absolute atomic E-state index is 0.381. The van der Waals surface area contributed by atoms with Crippen LogP contribution in [0.3, 0.4) is 0 Å². The number of hydrogen-bond acceptors (Lipinski definition) is 3. The van der Waals surface area contributed by atoms with Crippen LogP contribution in [0.4, 0.5) is 14.9 Å². The summed E-state index contributed by atoms with van der Waals surface area (Å²) >= 11 is 0. The molecule has 2 amide bonds. The Kier molecular flexibility index (Phi) is 3.75. The third-order valence-corrected chi connectivity index (χ3v) is 2.73. The molecule has 1 aromatic carbocycles. The number of nitrogens with zero attached hydrogens (tertiary/aromatic N) is 2. The molecule has 1 unspecified atom stereocenters. The van der Waals surface area contributed by atoms with Gasteiger partial charge in [0.1, 0.15) is 11.9 Å². The molecule has 94 valence electrons. The van der Waals surface area contributed by atoms with Crippen molar-refractivity contribution in [3.05, 3.63) is 30.1 Å². The molecule has 1 aliphatic heterocycles. The number of nitrogens with one attached hydrogen (secondary N) is 2. The molecule has 6 heteroatoms. The molecule has 2 N–H and O–H groups in total. The highest BCUT2D eigenvalue weighted by molar-refractivity contribution is 5.89. The molecule has 1 fully saturated rings. The van der Waals surface area contributed by atoms with E-state index in [2.05, 4.69) is 16.7 Å². The molecule has 0 aliphatic carbocycles. The van der Waals surface area contributed by atoms with Gasteiger partial charge in [0.25, 0.3) is 0 Å². The smallest absolute Gasteiger partial charge is 0.312 e. The fourth-order valence-electron chi connectivity index (χ4n) is 1.82. The molecular formula is C12H13FN4O. The number of benzene rings is 1. The van der Waals surface area contributed by atoms with Gasteiger partial charge in [-0.2, -0.15) is 5.26 Å². The molecule has 1 aliphatic rings. The Morgan fingerprint density at radius 2 is 2.44 bits per heavy atom. The van der Waals surface area contributed by atoms with Crippen LogP contribution >= 0.6 is 0 Å². The number of piperazine rings is 1.